The van der Waals surface area contributed by atoms with Gasteiger partial charge in [-0.3, -0.25) is 4.79 Å². The van der Waals surface area contributed by atoms with Gasteiger partial charge in [0, 0.05) is 24.0 Å². The van der Waals surface area contributed by atoms with Gasteiger partial charge in [0.2, 0.25) is 5.88 Å². The zero-order valence-corrected chi connectivity index (χ0v) is 18.9. The third kappa shape index (κ3) is 4.18. The molecule has 2 atom stereocenters. The molecule has 4 rings (SSSR count). The number of allylic oxidation sites excluding steroid dienone is 2. The summed E-state index contributed by atoms with van der Waals surface area (Å²) in [5.41, 5.74) is 8.41. The molecule has 1 aliphatic heterocycles. The molecule has 0 spiro atoms. The van der Waals surface area contributed by atoms with Gasteiger partial charge in [0.05, 0.1) is 26.7 Å². The van der Waals surface area contributed by atoms with E-state index in [2.05, 4.69) is 0 Å². The quantitative estimate of drug-likeness (QED) is 0.667. The van der Waals surface area contributed by atoms with Crippen LogP contribution in [0.15, 0.2) is 71.3 Å². The lowest BCUT2D eigenvalue weighted by molar-refractivity contribution is -0.139. The minimum absolute atomic E-state index is 0.0396. The molecule has 172 valence electrons. The lowest BCUT2D eigenvalue weighted by atomic mass is 9.73. The Morgan fingerprint density at radius 2 is 1.85 bits per heavy atom. The molecular weight excluding hydrogens is 422 g/mol. The van der Waals surface area contributed by atoms with Crippen molar-refractivity contribution in [1.29, 1.82) is 0 Å². The molecule has 2 aromatic rings. The van der Waals surface area contributed by atoms with E-state index in [0.29, 0.717) is 41.2 Å². The van der Waals surface area contributed by atoms with Crippen LogP contribution in [0.4, 0.5) is 0 Å². The Bertz CT molecular complexity index is 1130. The summed E-state index contributed by atoms with van der Waals surface area (Å²) in [6.07, 6.45) is 0.787. The molecule has 2 aliphatic rings. The lowest BCUT2D eigenvalue weighted by Gasteiger charge is -2.35. The fourth-order valence-electron chi connectivity index (χ4n) is 4.55. The van der Waals surface area contributed by atoms with Gasteiger partial charge in [0.25, 0.3) is 0 Å². The topological polar surface area (TPSA) is 97.1 Å². The van der Waals surface area contributed by atoms with E-state index in [1.807, 2.05) is 30.3 Å². The molecule has 7 nitrogen and oxygen atoms in total. The summed E-state index contributed by atoms with van der Waals surface area (Å²) in [6, 6.07) is 15.1. The molecule has 0 amide bonds. The standard InChI is InChI=1S/C26H27NO6/c1-4-32-26(29)24-22(18-14-17(30-2)10-11-20(18)31-3)23-19(28)12-16(13-21(23)33-25(24)27)15-8-6-5-7-9-15/h5-11,14,16,22H,4,12-13,27H2,1-3H3/t16-,22-/m1/s1. The molecule has 7 heteroatoms. The van der Waals surface area contributed by atoms with E-state index in [0.717, 1.165) is 5.56 Å². The Morgan fingerprint density at radius 1 is 1.09 bits per heavy atom. The first-order chi connectivity index (χ1) is 16.0. The number of ether oxygens (including phenoxy) is 4. The monoisotopic (exact) mass is 449 g/mol. The first kappa shape index (κ1) is 22.5. The van der Waals surface area contributed by atoms with Crippen LogP contribution in [0, 0.1) is 0 Å². The van der Waals surface area contributed by atoms with Gasteiger partial charge in [-0.05, 0) is 36.6 Å². The van der Waals surface area contributed by atoms with Crippen molar-refractivity contribution < 1.29 is 28.5 Å². The van der Waals surface area contributed by atoms with Gasteiger partial charge < -0.3 is 24.7 Å². The second-order valence-corrected chi connectivity index (χ2v) is 7.92. The van der Waals surface area contributed by atoms with Crippen molar-refractivity contribution in [3.05, 3.63) is 82.4 Å². The van der Waals surface area contributed by atoms with Crippen LogP contribution >= 0.6 is 0 Å². The molecule has 0 unspecified atom stereocenters. The average molecular weight is 450 g/mol. The number of esters is 1. The predicted molar refractivity (Wildman–Crippen MR) is 122 cm³/mol. The van der Waals surface area contributed by atoms with E-state index >= 15 is 0 Å². The first-order valence-corrected chi connectivity index (χ1v) is 10.9. The van der Waals surface area contributed by atoms with Crippen LogP contribution in [0.1, 0.15) is 42.7 Å². The number of methoxy groups -OCH3 is 2. The maximum absolute atomic E-state index is 13.6. The Balaban J connectivity index is 1.87. The summed E-state index contributed by atoms with van der Waals surface area (Å²) in [5.74, 6) is -0.0918. The summed E-state index contributed by atoms with van der Waals surface area (Å²) in [7, 11) is 3.08. The molecule has 1 heterocycles. The van der Waals surface area contributed by atoms with Gasteiger partial charge in [0.1, 0.15) is 22.8 Å². The molecule has 0 fully saturated rings. The zero-order chi connectivity index (χ0) is 23.5. The van der Waals surface area contributed by atoms with Gasteiger partial charge >= 0.3 is 5.97 Å². The molecule has 0 saturated carbocycles. The van der Waals surface area contributed by atoms with Gasteiger partial charge in [-0.25, -0.2) is 4.79 Å². The Hall–Kier alpha value is -3.74. The highest BCUT2D eigenvalue weighted by Crippen LogP contribution is 2.49. The Labute approximate surface area is 192 Å². The van der Waals surface area contributed by atoms with Crippen LogP contribution in [0.5, 0.6) is 11.5 Å². The van der Waals surface area contributed by atoms with Gasteiger partial charge in [-0.2, -0.15) is 0 Å². The van der Waals surface area contributed by atoms with Gasteiger partial charge in [0.15, 0.2) is 5.78 Å². The van der Waals surface area contributed by atoms with Crippen LogP contribution in [0.3, 0.4) is 0 Å². The number of hydrogen-bond acceptors (Lipinski definition) is 7. The first-order valence-electron chi connectivity index (χ1n) is 10.9. The van der Waals surface area contributed by atoms with Crippen LogP contribution in [-0.4, -0.2) is 32.6 Å². The van der Waals surface area contributed by atoms with Gasteiger partial charge in [-0.15, -0.1) is 0 Å². The number of nitrogens with two attached hydrogens (primary N) is 1. The van der Waals surface area contributed by atoms with Crippen molar-refractivity contribution in [2.24, 2.45) is 5.73 Å². The SMILES string of the molecule is CCOC(=O)C1=C(N)OC2=C(C(=O)C[C@@H](c3ccccc3)C2)[C@H]1c1cc(OC)ccc1OC. The van der Waals surface area contributed by atoms with E-state index in [4.69, 9.17) is 24.7 Å². The molecule has 33 heavy (non-hydrogen) atoms. The molecule has 2 aromatic carbocycles. The van der Waals surface area contributed by atoms with Crippen molar-refractivity contribution >= 4 is 11.8 Å². The van der Waals surface area contributed by atoms with E-state index in [1.165, 1.54) is 7.11 Å². The van der Waals surface area contributed by atoms with Crippen molar-refractivity contribution in [2.45, 2.75) is 31.6 Å². The van der Waals surface area contributed by atoms with Gasteiger partial charge in [-0.1, -0.05) is 30.3 Å². The highest BCUT2D eigenvalue weighted by molar-refractivity contribution is 6.04. The maximum Gasteiger partial charge on any atom is 0.340 e. The number of carbonyl (C=O) groups excluding carboxylic acids is 2. The third-order valence-electron chi connectivity index (χ3n) is 6.05. The fourth-order valence-corrected chi connectivity index (χ4v) is 4.55. The zero-order valence-electron chi connectivity index (χ0n) is 18.9. The highest BCUT2D eigenvalue weighted by atomic mass is 16.5. The minimum atomic E-state index is -0.790. The minimum Gasteiger partial charge on any atom is -0.497 e. The Morgan fingerprint density at radius 3 is 2.52 bits per heavy atom. The highest BCUT2D eigenvalue weighted by Gasteiger charge is 2.44. The molecule has 0 saturated heterocycles. The van der Waals surface area contributed by atoms with Crippen LogP contribution in [-0.2, 0) is 19.1 Å². The van der Waals surface area contributed by atoms with Crippen molar-refractivity contribution in [3.63, 3.8) is 0 Å². The number of Topliss-reactive ketones (excluding diaryl/α,β-unsaturated/α-hetero) is 1. The molecular formula is C26H27NO6. The molecule has 0 aromatic heterocycles. The third-order valence-corrected chi connectivity index (χ3v) is 6.05. The summed E-state index contributed by atoms with van der Waals surface area (Å²) in [4.78, 5) is 26.5. The smallest absolute Gasteiger partial charge is 0.340 e. The number of hydrogen-bond donors (Lipinski definition) is 1. The summed E-state index contributed by atoms with van der Waals surface area (Å²) in [6.45, 7) is 1.87. The molecule has 1 aliphatic carbocycles. The van der Waals surface area contributed by atoms with E-state index in [-0.39, 0.29) is 29.8 Å². The Kier molecular flexibility index (Phi) is 6.40. The molecule has 0 radical (unpaired) electrons. The normalized spacial score (nSPS) is 20.2. The van der Waals surface area contributed by atoms with E-state index < -0.39 is 11.9 Å². The number of rotatable bonds is 6. The van der Waals surface area contributed by atoms with Crippen LogP contribution < -0.4 is 15.2 Å². The number of benzene rings is 2. The summed E-state index contributed by atoms with van der Waals surface area (Å²) >= 11 is 0. The molecule has 2 N–H and O–H groups in total. The number of carbonyl (C=O) groups is 2. The average Bonchev–Trinajstić information content (AvgIpc) is 2.83. The summed E-state index contributed by atoms with van der Waals surface area (Å²) < 4.78 is 22.2. The number of ketones is 1. The molecule has 0 bridgehead atoms. The second kappa shape index (κ2) is 9.40. The lowest BCUT2D eigenvalue weighted by Crippen LogP contribution is -2.33. The van der Waals surface area contributed by atoms with Crippen LogP contribution in [0.25, 0.3) is 0 Å². The van der Waals surface area contributed by atoms with Crippen molar-refractivity contribution in [2.75, 3.05) is 20.8 Å². The summed E-state index contributed by atoms with van der Waals surface area (Å²) in [5, 5.41) is 0. The van der Waals surface area contributed by atoms with Crippen LogP contribution in [0.2, 0.25) is 0 Å². The van der Waals surface area contributed by atoms with Crippen molar-refractivity contribution in [1.82, 2.24) is 0 Å². The largest absolute Gasteiger partial charge is 0.497 e. The van der Waals surface area contributed by atoms with Crippen molar-refractivity contribution in [3.8, 4) is 11.5 Å². The van der Waals surface area contributed by atoms with E-state index in [1.54, 1.807) is 32.2 Å². The fraction of sp³-hybridized carbons (Fsp3) is 0.308. The second-order valence-electron chi connectivity index (χ2n) is 7.92. The van der Waals surface area contributed by atoms with E-state index in [9.17, 15) is 9.59 Å². The predicted octanol–water partition coefficient (Wildman–Crippen LogP) is 3.95. The maximum atomic E-state index is 13.6.